The Morgan fingerprint density at radius 1 is 1.19 bits per heavy atom. The molecule has 1 aliphatic carbocycles. The Balaban J connectivity index is 0.000000400. The second-order valence-electron chi connectivity index (χ2n) is 3.79. The highest BCUT2D eigenvalue weighted by molar-refractivity contribution is 7.87. The smallest absolute Gasteiger partial charge is 0.297 e. The van der Waals surface area contributed by atoms with E-state index in [1.165, 1.54) is 0 Å². The van der Waals surface area contributed by atoms with Crippen LogP contribution in [0.3, 0.4) is 0 Å². The highest BCUT2D eigenvalue weighted by Gasteiger charge is 2.46. The molecule has 1 atom stereocenters. The third kappa shape index (κ3) is 7.71. The predicted molar refractivity (Wildman–Crippen MR) is 61.9 cm³/mol. The second kappa shape index (κ2) is 7.49. The van der Waals surface area contributed by atoms with Crippen molar-refractivity contribution in [3.8, 4) is 0 Å². The van der Waals surface area contributed by atoms with E-state index in [1.807, 2.05) is 0 Å². The molecule has 0 aliphatic heterocycles. The summed E-state index contributed by atoms with van der Waals surface area (Å²) in [6.07, 6.45) is 1.27. The van der Waals surface area contributed by atoms with Crippen LogP contribution in [0.15, 0.2) is 0 Å². The fourth-order valence-corrected chi connectivity index (χ4v) is 1.98. The Kier molecular flexibility index (Phi) is 7.22. The minimum absolute atomic E-state index is 0.251. The number of Topliss-reactive ketones (excluding diaryl/α,β-unsaturated/α-hetero) is 1. The van der Waals surface area contributed by atoms with Crippen molar-refractivity contribution < 1.29 is 47.7 Å². The van der Waals surface area contributed by atoms with Crippen molar-refractivity contribution in [3.05, 3.63) is 0 Å². The summed E-state index contributed by atoms with van der Waals surface area (Å²) in [5.74, 6) is -0.251. The average Bonchev–Trinajstić information content (AvgIpc) is 2.30. The molecule has 1 unspecified atom stereocenters. The molecular weight excluding hydrogens is 345 g/mol. The Morgan fingerprint density at radius 2 is 1.71 bits per heavy atom. The van der Waals surface area contributed by atoms with E-state index >= 15 is 0 Å². The van der Waals surface area contributed by atoms with E-state index in [1.54, 1.807) is 0 Å². The fourth-order valence-electron chi connectivity index (χ4n) is 1.29. The van der Waals surface area contributed by atoms with Gasteiger partial charge in [0.1, 0.15) is 6.10 Å². The van der Waals surface area contributed by atoms with Crippen molar-refractivity contribution in [2.24, 2.45) is 0 Å². The molecule has 21 heavy (non-hydrogen) atoms. The Bertz CT molecular complexity index is 551. The van der Waals surface area contributed by atoms with Gasteiger partial charge in [-0.1, -0.05) is 0 Å². The molecule has 0 aromatic rings. The molecule has 0 spiro atoms. The first-order chi connectivity index (χ1) is 9.30. The summed E-state index contributed by atoms with van der Waals surface area (Å²) in [6.45, 7) is 0. The largest absolute Gasteiger partial charge is 0.523 e. The number of ketones is 1. The number of hydrogen-bond acceptors (Lipinski definition) is 7. The maximum absolute atomic E-state index is 11.1. The molecule has 1 saturated carbocycles. The number of carbonyl (C=O) groups excluding carboxylic acids is 1. The van der Waals surface area contributed by atoms with Gasteiger partial charge in [-0.05, 0) is 19.3 Å². The van der Waals surface area contributed by atoms with Crippen molar-refractivity contribution in [1.29, 1.82) is 0 Å². The summed E-state index contributed by atoms with van der Waals surface area (Å²) in [7, 11) is -9.37. The van der Waals surface area contributed by atoms with Gasteiger partial charge in [0.25, 0.3) is 0 Å². The minimum Gasteiger partial charge on any atom is -0.297 e. The molecule has 0 amide bonds. The number of rotatable bonds is 3. The van der Waals surface area contributed by atoms with Crippen molar-refractivity contribution in [1.82, 2.24) is 0 Å². The van der Waals surface area contributed by atoms with Crippen molar-refractivity contribution in [2.45, 2.75) is 37.3 Å². The molecule has 0 saturated heterocycles. The monoisotopic (exact) mass is 358 g/mol. The first-order valence-corrected chi connectivity index (χ1v) is 8.13. The standard InChI is InChI=1S/C6H10O5S.C2H3F3O3S/c7-5-3-1-2-4-6(5)11-12(8,9)10;1-8-9(6,7)2(3,4)5/h6H,1-4H2,(H,8,9,10);1H3. The van der Waals surface area contributed by atoms with Crippen LogP contribution in [0.25, 0.3) is 0 Å². The molecule has 1 aliphatic rings. The van der Waals surface area contributed by atoms with Crippen molar-refractivity contribution in [3.63, 3.8) is 0 Å². The van der Waals surface area contributed by atoms with E-state index in [2.05, 4.69) is 8.37 Å². The van der Waals surface area contributed by atoms with Gasteiger partial charge in [0.2, 0.25) is 0 Å². The van der Waals surface area contributed by atoms with Gasteiger partial charge < -0.3 is 0 Å². The topological polar surface area (TPSA) is 124 Å². The summed E-state index contributed by atoms with van der Waals surface area (Å²) in [5, 5.41) is 0. The van der Waals surface area contributed by atoms with Crippen LogP contribution in [0.4, 0.5) is 13.2 Å². The van der Waals surface area contributed by atoms with Gasteiger partial charge in [0, 0.05) is 6.42 Å². The zero-order valence-electron chi connectivity index (χ0n) is 10.7. The first-order valence-electron chi connectivity index (χ1n) is 5.35. The Morgan fingerprint density at radius 3 is 2.00 bits per heavy atom. The third-order valence-corrected chi connectivity index (χ3v) is 3.72. The van der Waals surface area contributed by atoms with E-state index in [9.17, 15) is 34.8 Å². The van der Waals surface area contributed by atoms with Gasteiger partial charge in [-0.15, -0.1) is 0 Å². The highest BCUT2D eigenvalue weighted by Crippen LogP contribution is 2.23. The predicted octanol–water partition coefficient (Wildman–Crippen LogP) is 0.800. The van der Waals surface area contributed by atoms with Gasteiger partial charge in [-0.3, -0.25) is 13.5 Å². The molecule has 0 radical (unpaired) electrons. The minimum atomic E-state index is -5.34. The van der Waals surface area contributed by atoms with Gasteiger partial charge in [0.15, 0.2) is 5.78 Å². The van der Waals surface area contributed by atoms with Crippen LogP contribution >= 0.6 is 0 Å². The normalized spacial score (nSPS) is 20.6. The quantitative estimate of drug-likeness (QED) is 0.446. The van der Waals surface area contributed by atoms with Gasteiger partial charge in [0.05, 0.1) is 7.11 Å². The zero-order valence-corrected chi connectivity index (χ0v) is 12.3. The zero-order chi connectivity index (χ0) is 16.9. The third-order valence-electron chi connectivity index (χ3n) is 2.24. The van der Waals surface area contributed by atoms with Crippen LogP contribution in [0.5, 0.6) is 0 Å². The molecular formula is C8H13F3O8S2. The van der Waals surface area contributed by atoms with E-state index < -0.39 is 32.1 Å². The van der Waals surface area contributed by atoms with Crippen molar-refractivity contribution in [2.75, 3.05) is 7.11 Å². The molecule has 0 bridgehead atoms. The second-order valence-corrected chi connectivity index (χ2v) is 6.54. The van der Waals surface area contributed by atoms with Gasteiger partial charge >= 0.3 is 26.0 Å². The van der Waals surface area contributed by atoms with Crippen molar-refractivity contribution >= 4 is 26.3 Å². The molecule has 8 nitrogen and oxygen atoms in total. The number of hydrogen-bond donors (Lipinski definition) is 1. The number of halogens is 3. The van der Waals surface area contributed by atoms with E-state index in [0.29, 0.717) is 20.0 Å². The molecule has 0 aromatic heterocycles. The molecule has 0 heterocycles. The van der Waals surface area contributed by atoms with Crippen LogP contribution in [0.1, 0.15) is 25.7 Å². The maximum Gasteiger partial charge on any atom is 0.523 e. The lowest BCUT2D eigenvalue weighted by atomic mass is 9.97. The van der Waals surface area contributed by atoms with E-state index in [0.717, 1.165) is 12.8 Å². The Labute approximate surface area is 119 Å². The molecule has 13 heteroatoms. The molecule has 0 aromatic carbocycles. The van der Waals surface area contributed by atoms with Crippen LogP contribution < -0.4 is 0 Å². The highest BCUT2D eigenvalue weighted by atomic mass is 32.3. The van der Waals surface area contributed by atoms with Crippen LogP contribution in [0.2, 0.25) is 0 Å². The fraction of sp³-hybridized carbons (Fsp3) is 0.875. The Hall–Kier alpha value is -0.760. The molecule has 1 rings (SSSR count). The summed E-state index contributed by atoms with van der Waals surface area (Å²) < 4.78 is 88.8. The number of carbonyl (C=O) groups is 1. The lowest BCUT2D eigenvalue weighted by molar-refractivity contribution is -0.127. The van der Waals surface area contributed by atoms with Gasteiger partial charge in [-0.25, -0.2) is 4.18 Å². The van der Waals surface area contributed by atoms with E-state index in [-0.39, 0.29) is 5.78 Å². The summed E-state index contributed by atoms with van der Waals surface area (Å²) >= 11 is 0. The maximum atomic E-state index is 11.1. The van der Waals surface area contributed by atoms with Crippen LogP contribution in [-0.2, 0) is 33.7 Å². The first kappa shape index (κ1) is 20.2. The number of alkyl halides is 3. The van der Waals surface area contributed by atoms with Crippen LogP contribution in [0, 0.1) is 0 Å². The summed E-state index contributed by atoms with van der Waals surface area (Å²) in [6, 6.07) is 0. The van der Waals surface area contributed by atoms with E-state index in [4.69, 9.17) is 4.55 Å². The molecule has 1 fully saturated rings. The summed E-state index contributed by atoms with van der Waals surface area (Å²) in [5.41, 5.74) is -5.30. The molecule has 126 valence electrons. The SMILES string of the molecule is COS(=O)(=O)C(F)(F)F.O=C1CCCCC1OS(=O)(=O)O. The average molecular weight is 358 g/mol. The summed E-state index contributed by atoms with van der Waals surface area (Å²) in [4.78, 5) is 11.0. The van der Waals surface area contributed by atoms with Crippen LogP contribution in [-0.4, -0.2) is 45.9 Å². The lowest BCUT2D eigenvalue weighted by Crippen LogP contribution is -2.29. The lowest BCUT2D eigenvalue weighted by Gasteiger charge is -2.18. The molecule has 1 N–H and O–H groups in total. The van der Waals surface area contributed by atoms with Gasteiger partial charge in [-0.2, -0.15) is 30.0 Å².